The highest BCUT2D eigenvalue weighted by atomic mass is 16.5. The molecule has 1 aliphatic heterocycles. The summed E-state index contributed by atoms with van der Waals surface area (Å²) in [5.41, 5.74) is 0. The number of aliphatic hydroxyl groups excluding tert-OH is 1. The van der Waals surface area contributed by atoms with Crippen LogP contribution in [0.5, 0.6) is 0 Å². The second-order valence-electron chi connectivity index (χ2n) is 5.85. The van der Waals surface area contributed by atoms with E-state index in [1.54, 1.807) is 0 Å². The molecule has 0 aromatic heterocycles. The van der Waals surface area contributed by atoms with Gasteiger partial charge in [-0.15, -0.1) is 0 Å². The van der Waals surface area contributed by atoms with E-state index in [1.165, 1.54) is 0 Å². The lowest BCUT2D eigenvalue weighted by molar-refractivity contribution is -0.0987. The molecule has 0 amide bonds. The summed E-state index contributed by atoms with van der Waals surface area (Å²) in [7, 11) is 0. The fraction of sp³-hybridized carbons (Fsp3) is 1.00. The minimum atomic E-state index is -0.256. The standard InChI is InChI=1S/C13H25NO2/c1-8(2)11-10(4)12(11)13(15)14-5-6-16-9(3)7-14/h8-13,15H,5-7H2,1-4H3. The molecule has 2 fully saturated rings. The topological polar surface area (TPSA) is 32.7 Å². The molecule has 3 heteroatoms. The Hall–Kier alpha value is -0.120. The molecule has 1 heterocycles. The zero-order valence-corrected chi connectivity index (χ0v) is 10.9. The van der Waals surface area contributed by atoms with Gasteiger partial charge in [-0.25, -0.2) is 0 Å². The highest BCUT2D eigenvalue weighted by Crippen LogP contribution is 2.53. The van der Waals surface area contributed by atoms with Gasteiger partial charge in [0.05, 0.1) is 12.7 Å². The highest BCUT2D eigenvalue weighted by Gasteiger charge is 2.53. The molecule has 1 aliphatic carbocycles. The van der Waals surface area contributed by atoms with E-state index < -0.39 is 0 Å². The van der Waals surface area contributed by atoms with Crippen LogP contribution in [0.3, 0.4) is 0 Å². The minimum Gasteiger partial charge on any atom is -0.378 e. The van der Waals surface area contributed by atoms with Gasteiger partial charge in [0.2, 0.25) is 0 Å². The lowest BCUT2D eigenvalue weighted by atomic mass is 10.1. The van der Waals surface area contributed by atoms with Crippen molar-refractivity contribution >= 4 is 0 Å². The first-order chi connectivity index (χ1) is 7.52. The Bertz CT molecular complexity index is 242. The Kier molecular flexibility index (Phi) is 3.57. The van der Waals surface area contributed by atoms with E-state index in [-0.39, 0.29) is 12.3 Å². The largest absolute Gasteiger partial charge is 0.378 e. The van der Waals surface area contributed by atoms with Crippen molar-refractivity contribution in [2.75, 3.05) is 19.7 Å². The van der Waals surface area contributed by atoms with E-state index in [2.05, 4.69) is 32.6 Å². The summed E-state index contributed by atoms with van der Waals surface area (Å²) >= 11 is 0. The summed E-state index contributed by atoms with van der Waals surface area (Å²) in [5.74, 6) is 2.54. The number of nitrogens with zero attached hydrogens (tertiary/aromatic N) is 1. The average Bonchev–Trinajstić information content (AvgIpc) is 2.89. The Morgan fingerprint density at radius 2 is 1.94 bits per heavy atom. The van der Waals surface area contributed by atoms with Crippen LogP contribution in [0.15, 0.2) is 0 Å². The van der Waals surface area contributed by atoms with Crippen LogP contribution in [0.25, 0.3) is 0 Å². The number of ether oxygens (including phenoxy) is 1. The maximum atomic E-state index is 10.4. The molecule has 1 N–H and O–H groups in total. The molecule has 1 saturated carbocycles. The molecule has 2 aliphatic rings. The van der Waals surface area contributed by atoms with Crippen molar-refractivity contribution in [3.8, 4) is 0 Å². The van der Waals surface area contributed by atoms with Crippen LogP contribution >= 0.6 is 0 Å². The summed E-state index contributed by atoms with van der Waals surface area (Å²) in [5, 5.41) is 10.4. The summed E-state index contributed by atoms with van der Waals surface area (Å²) in [6.45, 7) is 11.4. The van der Waals surface area contributed by atoms with Gasteiger partial charge in [-0.2, -0.15) is 0 Å². The van der Waals surface area contributed by atoms with Crippen LogP contribution in [0, 0.1) is 23.7 Å². The summed E-state index contributed by atoms with van der Waals surface area (Å²) in [6.07, 6.45) is 0.00343. The molecule has 94 valence electrons. The van der Waals surface area contributed by atoms with Crippen molar-refractivity contribution in [2.24, 2.45) is 23.7 Å². The molecular weight excluding hydrogens is 202 g/mol. The van der Waals surface area contributed by atoms with E-state index in [4.69, 9.17) is 4.74 Å². The Morgan fingerprint density at radius 3 is 2.44 bits per heavy atom. The number of aliphatic hydroxyl groups is 1. The van der Waals surface area contributed by atoms with Crippen LogP contribution in [0.2, 0.25) is 0 Å². The van der Waals surface area contributed by atoms with Crippen molar-refractivity contribution in [1.29, 1.82) is 0 Å². The van der Waals surface area contributed by atoms with Gasteiger partial charge in [0.1, 0.15) is 6.23 Å². The maximum absolute atomic E-state index is 10.4. The normalized spacial score (nSPS) is 42.4. The highest BCUT2D eigenvalue weighted by molar-refractivity contribution is 4.99. The summed E-state index contributed by atoms with van der Waals surface area (Å²) in [4.78, 5) is 2.19. The van der Waals surface area contributed by atoms with Crippen molar-refractivity contribution in [3.63, 3.8) is 0 Å². The number of rotatable bonds is 3. The van der Waals surface area contributed by atoms with Gasteiger partial charge in [-0.1, -0.05) is 20.8 Å². The van der Waals surface area contributed by atoms with E-state index >= 15 is 0 Å². The zero-order chi connectivity index (χ0) is 11.9. The van der Waals surface area contributed by atoms with Gasteiger partial charge in [0, 0.05) is 19.0 Å². The van der Waals surface area contributed by atoms with Crippen LogP contribution in [-0.4, -0.2) is 42.0 Å². The molecule has 16 heavy (non-hydrogen) atoms. The second kappa shape index (κ2) is 4.63. The first kappa shape index (κ1) is 12.3. The summed E-state index contributed by atoms with van der Waals surface area (Å²) < 4.78 is 5.51. The van der Waals surface area contributed by atoms with Gasteiger partial charge < -0.3 is 9.84 Å². The molecule has 5 unspecified atom stereocenters. The van der Waals surface area contributed by atoms with Gasteiger partial charge in [0.25, 0.3) is 0 Å². The molecule has 0 aromatic rings. The SMILES string of the molecule is CC1CN(C(O)C2C(C)C2C(C)C)CCO1. The maximum Gasteiger partial charge on any atom is 0.110 e. The van der Waals surface area contributed by atoms with E-state index in [1.807, 2.05) is 0 Å². The lowest BCUT2D eigenvalue weighted by Gasteiger charge is -2.35. The molecule has 0 aromatic carbocycles. The van der Waals surface area contributed by atoms with Crippen molar-refractivity contribution < 1.29 is 9.84 Å². The molecule has 3 nitrogen and oxygen atoms in total. The fourth-order valence-corrected chi connectivity index (χ4v) is 3.38. The van der Waals surface area contributed by atoms with Crippen molar-refractivity contribution in [1.82, 2.24) is 4.90 Å². The Morgan fingerprint density at radius 1 is 1.25 bits per heavy atom. The van der Waals surface area contributed by atoms with E-state index in [9.17, 15) is 5.11 Å². The van der Waals surface area contributed by atoms with Crippen LogP contribution in [0.1, 0.15) is 27.7 Å². The molecular formula is C13H25NO2. The Labute approximate surface area is 98.8 Å². The third-order valence-electron chi connectivity index (χ3n) is 4.28. The van der Waals surface area contributed by atoms with Crippen LogP contribution < -0.4 is 0 Å². The van der Waals surface area contributed by atoms with Gasteiger partial charge in [-0.3, -0.25) is 4.90 Å². The minimum absolute atomic E-state index is 0.256. The first-order valence-corrected chi connectivity index (χ1v) is 6.56. The third-order valence-corrected chi connectivity index (χ3v) is 4.28. The second-order valence-corrected chi connectivity index (χ2v) is 5.85. The lowest BCUT2D eigenvalue weighted by Crippen LogP contribution is -2.48. The predicted octanol–water partition coefficient (Wildman–Crippen LogP) is 1.56. The number of hydrogen-bond donors (Lipinski definition) is 1. The molecule has 0 spiro atoms. The predicted molar refractivity (Wildman–Crippen MR) is 64.0 cm³/mol. The summed E-state index contributed by atoms with van der Waals surface area (Å²) in [6, 6.07) is 0. The number of morpholine rings is 1. The van der Waals surface area contributed by atoms with Crippen molar-refractivity contribution in [2.45, 2.75) is 40.0 Å². The monoisotopic (exact) mass is 227 g/mol. The van der Waals surface area contributed by atoms with E-state index in [0.717, 1.165) is 19.7 Å². The molecule has 1 saturated heterocycles. The van der Waals surface area contributed by atoms with Gasteiger partial charge in [-0.05, 0) is 24.7 Å². The zero-order valence-electron chi connectivity index (χ0n) is 10.9. The smallest absolute Gasteiger partial charge is 0.110 e. The number of hydrogen-bond acceptors (Lipinski definition) is 3. The quantitative estimate of drug-likeness (QED) is 0.794. The van der Waals surface area contributed by atoms with Gasteiger partial charge in [0.15, 0.2) is 0 Å². The Balaban J connectivity index is 1.90. The van der Waals surface area contributed by atoms with E-state index in [0.29, 0.717) is 23.7 Å². The first-order valence-electron chi connectivity index (χ1n) is 6.56. The fourth-order valence-electron chi connectivity index (χ4n) is 3.38. The van der Waals surface area contributed by atoms with Gasteiger partial charge >= 0.3 is 0 Å². The molecule has 5 atom stereocenters. The van der Waals surface area contributed by atoms with Crippen molar-refractivity contribution in [3.05, 3.63) is 0 Å². The molecule has 2 rings (SSSR count). The van der Waals surface area contributed by atoms with Crippen LogP contribution in [0.4, 0.5) is 0 Å². The molecule has 0 bridgehead atoms. The third kappa shape index (κ3) is 2.27. The molecule has 0 radical (unpaired) electrons. The average molecular weight is 227 g/mol. The van der Waals surface area contributed by atoms with Crippen LogP contribution in [-0.2, 0) is 4.74 Å².